The van der Waals surface area contributed by atoms with Crippen molar-refractivity contribution >= 4 is 47.0 Å². The van der Waals surface area contributed by atoms with Crippen LogP contribution >= 0.6 is 11.6 Å². The molecule has 0 bridgehead atoms. The molecule has 2 aliphatic heterocycles. The number of amides is 5. The molecule has 6 atom stereocenters. The summed E-state index contributed by atoms with van der Waals surface area (Å²) < 4.78 is 4.76. The van der Waals surface area contributed by atoms with E-state index in [1.54, 1.807) is 42.5 Å². The standard InChI is InChI=1S/C35H30ClN3O7/c1-18-8-11-21(12-9-18)37-39-31(42)26-17-24-22(13-14-23-28(24)32(43)38(30(23)41)34(45)46-2)29(25-16-20(36)10-15-27(25)40)35(26,33(39)44)19-6-4-3-5-7-19/h3-13,15-16,23-24,26,28-29,37,40H,14,17H2,1-2H3/t23-,24+,26-,28-,29+,35+/m0/s1. The van der Waals surface area contributed by atoms with Crippen molar-refractivity contribution in [3.8, 4) is 5.75 Å². The molecule has 2 heterocycles. The highest BCUT2D eigenvalue weighted by Gasteiger charge is 2.71. The predicted octanol–water partition coefficient (Wildman–Crippen LogP) is 5.11. The summed E-state index contributed by atoms with van der Waals surface area (Å²) in [6.07, 6.45) is 0.933. The van der Waals surface area contributed by atoms with Crippen LogP contribution in [0.2, 0.25) is 5.02 Å². The number of rotatable bonds is 4. The molecule has 234 valence electrons. The van der Waals surface area contributed by atoms with Crippen LogP contribution in [-0.2, 0) is 29.3 Å². The Balaban J connectivity index is 1.46. The Hall–Kier alpha value is -4.96. The largest absolute Gasteiger partial charge is 0.508 e. The SMILES string of the molecule is COC(=O)N1C(=O)[C@H]2[C@H](CC=C3[C@H]2C[C@H]2C(=O)N(Nc4ccc(C)cc4)C(=O)[C@@]2(c2ccccc2)[C@H]3c2cc(Cl)ccc2O)C1=O. The molecule has 3 fully saturated rings. The Kier molecular flexibility index (Phi) is 7.01. The Morgan fingerprint density at radius 1 is 0.957 bits per heavy atom. The summed E-state index contributed by atoms with van der Waals surface area (Å²) in [4.78, 5) is 69.9. The van der Waals surface area contributed by atoms with Gasteiger partial charge in [-0.15, -0.1) is 0 Å². The molecule has 11 heteroatoms. The number of phenolic OH excluding ortho intramolecular Hbond substituents is 1. The maximum absolute atomic E-state index is 15.0. The van der Waals surface area contributed by atoms with Crippen LogP contribution < -0.4 is 5.43 Å². The van der Waals surface area contributed by atoms with Gasteiger partial charge in [0.25, 0.3) is 11.8 Å². The highest BCUT2D eigenvalue weighted by molar-refractivity contribution is 6.30. The number of anilines is 1. The number of ether oxygens (including phenoxy) is 1. The highest BCUT2D eigenvalue weighted by Crippen LogP contribution is 2.65. The Bertz CT molecular complexity index is 1840. The van der Waals surface area contributed by atoms with Crippen LogP contribution in [0.25, 0.3) is 0 Å². The quantitative estimate of drug-likeness (QED) is 0.297. The van der Waals surface area contributed by atoms with Crippen molar-refractivity contribution in [1.29, 1.82) is 0 Å². The van der Waals surface area contributed by atoms with Gasteiger partial charge in [-0.2, -0.15) is 9.91 Å². The summed E-state index contributed by atoms with van der Waals surface area (Å²) in [7, 11) is 1.10. The van der Waals surface area contributed by atoms with E-state index >= 15 is 4.79 Å². The number of nitrogens with zero attached hydrogens (tertiary/aromatic N) is 2. The topological polar surface area (TPSA) is 133 Å². The zero-order valence-electron chi connectivity index (χ0n) is 25.0. The first-order chi connectivity index (χ1) is 22.1. The van der Waals surface area contributed by atoms with Crippen molar-refractivity contribution in [2.45, 2.75) is 31.1 Å². The van der Waals surface area contributed by atoms with Gasteiger partial charge >= 0.3 is 6.09 Å². The molecule has 0 aromatic heterocycles. The van der Waals surface area contributed by atoms with Gasteiger partial charge in [0.05, 0.1) is 36.0 Å². The van der Waals surface area contributed by atoms with Gasteiger partial charge in [-0.3, -0.25) is 24.6 Å². The minimum Gasteiger partial charge on any atom is -0.508 e. The van der Waals surface area contributed by atoms with Crippen molar-refractivity contribution < 1.29 is 33.8 Å². The van der Waals surface area contributed by atoms with Gasteiger partial charge < -0.3 is 9.84 Å². The number of likely N-dealkylation sites (tertiary alicyclic amines) is 1. The lowest BCUT2D eigenvalue weighted by atomic mass is 9.49. The summed E-state index contributed by atoms with van der Waals surface area (Å²) in [5.74, 6) is -7.00. The highest BCUT2D eigenvalue weighted by atomic mass is 35.5. The molecule has 4 aliphatic rings. The first-order valence-electron chi connectivity index (χ1n) is 15.0. The van der Waals surface area contributed by atoms with Crippen molar-refractivity contribution in [3.05, 3.63) is 106 Å². The second-order valence-electron chi connectivity index (χ2n) is 12.3. The molecule has 2 saturated heterocycles. The number of benzene rings is 3. The van der Waals surface area contributed by atoms with Crippen LogP contribution in [0.4, 0.5) is 10.5 Å². The molecule has 0 radical (unpaired) electrons. The molecular formula is C35H30ClN3O7. The molecule has 10 nitrogen and oxygen atoms in total. The summed E-state index contributed by atoms with van der Waals surface area (Å²) >= 11 is 6.50. The zero-order chi connectivity index (χ0) is 32.5. The molecule has 3 aromatic rings. The number of imide groups is 4. The lowest BCUT2D eigenvalue weighted by molar-refractivity contribution is -0.140. The third-order valence-electron chi connectivity index (χ3n) is 10.1. The molecule has 46 heavy (non-hydrogen) atoms. The van der Waals surface area contributed by atoms with E-state index in [4.69, 9.17) is 16.3 Å². The smallest absolute Gasteiger partial charge is 0.423 e. The summed E-state index contributed by atoms with van der Waals surface area (Å²) in [5.41, 5.74) is 4.50. The van der Waals surface area contributed by atoms with Gasteiger partial charge in [-0.1, -0.05) is 71.3 Å². The van der Waals surface area contributed by atoms with Crippen LogP contribution in [0.3, 0.4) is 0 Å². The number of phenols is 1. The third kappa shape index (κ3) is 4.12. The van der Waals surface area contributed by atoms with Gasteiger partial charge in [-0.05, 0) is 61.6 Å². The number of hydrogen-bond acceptors (Lipinski definition) is 8. The fraction of sp³-hybridized carbons (Fsp3) is 0.286. The molecule has 2 aliphatic carbocycles. The number of halogens is 1. The fourth-order valence-electron chi connectivity index (χ4n) is 8.12. The van der Waals surface area contributed by atoms with Crippen LogP contribution in [-0.4, -0.2) is 51.8 Å². The summed E-state index contributed by atoms with van der Waals surface area (Å²) in [5, 5.41) is 12.7. The van der Waals surface area contributed by atoms with Gasteiger partial charge in [0.2, 0.25) is 11.8 Å². The summed E-state index contributed by atoms with van der Waals surface area (Å²) in [6, 6.07) is 20.8. The Morgan fingerprint density at radius 3 is 2.37 bits per heavy atom. The number of fused-ring (bicyclic) bond motifs is 4. The molecule has 7 rings (SSSR count). The number of hydrogen-bond donors (Lipinski definition) is 2. The molecule has 3 aromatic carbocycles. The van der Waals surface area contributed by atoms with E-state index in [-0.39, 0.29) is 18.6 Å². The number of aryl methyl sites for hydroxylation is 1. The second-order valence-corrected chi connectivity index (χ2v) is 12.7. The van der Waals surface area contributed by atoms with Crippen molar-refractivity contribution in [2.75, 3.05) is 12.5 Å². The van der Waals surface area contributed by atoms with E-state index in [0.29, 0.717) is 32.3 Å². The lowest BCUT2D eigenvalue weighted by Gasteiger charge is -2.50. The van der Waals surface area contributed by atoms with E-state index in [1.807, 2.05) is 31.2 Å². The maximum Gasteiger partial charge on any atom is 0.423 e. The van der Waals surface area contributed by atoms with Gasteiger partial charge in [0.15, 0.2) is 0 Å². The number of carbonyl (C=O) groups is 5. The van der Waals surface area contributed by atoms with Crippen molar-refractivity contribution in [3.63, 3.8) is 0 Å². The molecule has 0 unspecified atom stereocenters. The first kappa shape index (κ1) is 29.7. The van der Waals surface area contributed by atoms with Crippen LogP contribution in [0.15, 0.2) is 84.4 Å². The second kappa shape index (κ2) is 10.8. The maximum atomic E-state index is 15.0. The minimum atomic E-state index is -1.55. The van der Waals surface area contributed by atoms with Crippen LogP contribution in [0.5, 0.6) is 5.75 Å². The monoisotopic (exact) mass is 639 g/mol. The van der Waals surface area contributed by atoms with Gasteiger partial charge in [0, 0.05) is 16.5 Å². The van der Waals surface area contributed by atoms with Gasteiger partial charge in [-0.25, -0.2) is 4.79 Å². The van der Waals surface area contributed by atoms with E-state index in [1.165, 1.54) is 12.1 Å². The number of carbonyl (C=O) groups excluding carboxylic acids is 5. The van der Waals surface area contributed by atoms with Gasteiger partial charge in [0.1, 0.15) is 5.75 Å². The minimum absolute atomic E-state index is 0.0460. The van der Waals surface area contributed by atoms with Crippen molar-refractivity contribution in [2.24, 2.45) is 23.7 Å². The number of nitrogens with one attached hydrogen (secondary N) is 1. The van der Waals surface area contributed by atoms with E-state index in [9.17, 15) is 24.3 Å². The third-order valence-corrected chi connectivity index (χ3v) is 10.3. The normalized spacial score (nSPS) is 28.4. The average molecular weight is 640 g/mol. The zero-order valence-corrected chi connectivity index (χ0v) is 25.7. The van der Waals surface area contributed by atoms with Crippen molar-refractivity contribution in [1.82, 2.24) is 9.91 Å². The first-order valence-corrected chi connectivity index (χ1v) is 15.4. The predicted molar refractivity (Wildman–Crippen MR) is 166 cm³/mol. The molecule has 2 N–H and O–H groups in total. The number of methoxy groups -OCH3 is 1. The average Bonchev–Trinajstić information content (AvgIpc) is 3.44. The molecule has 5 amide bonds. The van der Waals surface area contributed by atoms with E-state index in [0.717, 1.165) is 17.7 Å². The molecule has 1 saturated carbocycles. The Labute approximate surface area is 269 Å². The van der Waals surface area contributed by atoms with Crippen LogP contribution in [0, 0.1) is 30.6 Å². The molecule has 0 spiro atoms. The number of allylic oxidation sites excluding steroid dienone is 2. The number of hydrazine groups is 1. The lowest BCUT2D eigenvalue weighted by Crippen LogP contribution is -2.53. The fourth-order valence-corrected chi connectivity index (χ4v) is 8.30. The van der Waals surface area contributed by atoms with E-state index < -0.39 is 64.7 Å². The van der Waals surface area contributed by atoms with Crippen LogP contribution in [0.1, 0.15) is 35.4 Å². The van der Waals surface area contributed by atoms with E-state index in [2.05, 4.69) is 5.43 Å². The molecular weight excluding hydrogens is 610 g/mol. The number of aromatic hydroxyl groups is 1. The summed E-state index contributed by atoms with van der Waals surface area (Å²) in [6.45, 7) is 1.93. The Morgan fingerprint density at radius 2 is 1.67 bits per heavy atom.